The van der Waals surface area contributed by atoms with Gasteiger partial charge in [0.05, 0.1) is 17.6 Å². The summed E-state index contributed by atoms with van der Waals surface area (Å²) < 4.78 is 2.09. The average Bonchev–Trinajstić information content (AvgIpc) is 2.92. The molecule has 0 N–H and O–H groups in total. The van der Waals surface area contributed by atoms with Crippen molar-refractivity contribution < 1.29 is 0 Å². The average molecular weight is 350 g/mol. The Morgan fingerprint density at radius 3 is 2.88 bits per heavy atom. The van der Waals surface area contributed by atoms with Crippen LogP contribution in [0.2, 0.25) is 0 Å². The Morgan fingerprint density at radius 1 is 1.08 bits per heavy atom. The van der Waals surface area contributed by atoms with Crippen molar-refractivity contribution in [1.82, 2.24) is 29.2 Å². The largest absolute Gasteiger partial charge is 0.298 e. The smallest absolute Gasteiger partial charge is 0.233 e. The van der Waals surface area contributed by atoms with E-state index in [0.29, 0.717) is 6.04 Å². The summed E-state index contributed by atoms with van der Waals surface area (Å²) in [5.74, 6) is 0.783. The molecule has 0 bridgehead atoms. The number of aromatic nitrogens is 4. The summed E-state index contributed by atoms with van der Waals surface area (Å²) in [6.07, 6.45) is 11.3. The Labute approximate surface area is 154 Å². The quantitative estimate of drug-likeness (QED) is 0.708. The molecule has 136 valence electrons. The van der Waals surface area contributed by atoms with E-state index in [1.165, 1.54) is 25.0 Å². The van der Waals surface area contributed by atoms with Gasteiger partial charge in [0.1, 0.15) is 0 Å². The van der Waals surface area contributed by atoms with Crippen LogP contribution in [0.3, 0.4) is 0 Å². The van der Waals surface area contributed by atoms with Gasteiger partial charge in [0.2, 0.25) is 5.78 Å². The van der Waals surface area contributed by atoms with Crippen molar-refractivity contribution in [2.75, 3.05) is 20.1 Å². The van der Waals surface area contributed by atoms with E-state index in [4.69, 9.17) is 0 Å². The van der Waals surface area contributed by atoms with E-state index in [1.54, 1.807) is 6.20 Å². The van der Waals surface area contributed by atoms with Crippen LogP contribution < -0.4 is 0 Å². The van der Waals surface area contributed by atoms with Crippen molar-refractivity contribution in [3.8, 4) is 0 Å². The van der Waals surface area contributed by atoms with Crippen molar-refractivity contribution in [3.63, 3.8) is 0 Å². The van der Waals surface area contributed by atoms with Gasteiger partial charge in [-0.1, -0.05) is 6.07 Å². The van der Waals surface area contributed by atoms with Crippen LogP contribution in [0.4, 0.5) is 0 Å². The second-order valence-corrected chi connectivity index (χ2v) is 7.14. The lowest BCUT2D eigenvalue weighted by Gasteiger charge is -2.27. The lowest BCUT2D eigenvalue weighted by molar-refractivity contribution is 0.204. The van der Waals surface area contributed by atoms with Gasteiger partial charge < -0.3 is 0 Å². The third kappa shape index (κ3) is 3.92. The van der Waals surface area contributed by atoms with Gasteiger partial charge in [-0.15, -0.1) is 0 Å². The highest BCUT2D eigenvalue weighted by Crippen LogP contribution is 2.19. The topological polar surface area (TPSA) is 49.6 Å². The molecule has 4 heterocycles. The molecule has 1 fully saturated rings. The molecular weight excluding hydrogens is 324 g/mol. The third-order valence-electron chi connectivity index (χ3n) is 5.30. The Hall–Kier alpha value is -2.31. The zero-order valence-corrected chi connectivity index (χ0v) is 15.3. The minimum atomic E-state index is 0.617. The molecule has 6 nitrogen and oxygen atoms in total. The molecule has 1 aliphatic rings. The van der Waals surface area contributed by atoms with E-state index in [1.807, 2.05) is 30.7 Å². The summed E-state index contributed by atoms with van der Waals surface area (Å²) in [4.78, 5) is 18.2. The van der Waals surface area contributed by atoms with E-state index >= 15 is 0 Å². The van der Waals surface area contributed by atoms with Gasteiger partial charge in [-0.3, -0.25) is 19.2 Å². The SMILES string of the molecule is CN(Cc1ccccn1)C1CCCN(Cc2cnc3ncccn23)CC1. The summed E-state index contributed by atoms with van der Waals surface area (Å²) in [7, 11) is 2.23. The molecule has 0 radical (unpaired) electrons. The number of likely N-dealkylation sites (tertiary alicyclic amines) is 1. The van der Waals surface area contributed by atoms with Crippen LogP contribution in [-0.2, 0) is 13.1 Å². The fourth-order valence-electron chi connectivity index (χ4n) is 3.84. The molecule has 6 heteroatoms. The highest BCUT2D eigenvalue weighted by atomic mass is 15.2. The molecule has 3 aromatic rings. The highest BCUT2D eigenvalue weighted by Gasteiger charge is 2.21. The maximum Gasteiger partial charge on any atom is 0.233 e. The Bertz CT molecular complexity index is 830. The normalized spacial score (nSPS) is 19.1. The molecule has 0 aromatic carbocycles. The van der Waals surface area contributed by atoms with Crippen LogP contribution in [-0.4, -0.2) is 55.3 Å². The van der Waals surface area contributed by atoms with Crippen LogP contribution in [0.25, 0.3) is 5.78 Å². The molecule has 0 saturated carbocycles. The first kappa shape index (κ1) is 17.1. The molecule has 1 aliphatic heterocycles. The minimum absolute atomic E-state index is 0.617. The van der Waals surface area contributed by atoms with Gasteiger partial charge in [0, 0.05) is 44.3 Å². The Morgan fingerprint density at radius 2 is 2.00 bits per heavy atom. The number of imidazole rings is 1. The van der Waals surface area contributed by atoms with Crippen molar-refractivity contribution >= 4 is 5.78 Å². The monoisotopic (exact) mass is 350 g/mol. The molecule has 0 aliphatic carbocycles. The second kappa shape index (κ2) is 7.93. The molecule has 1 atom stereocenters. The standard InChI is InChI=1S/C20H26N6/c1-24(15-17-6-2-3-9-21-17)18-7-4-11-25(13-8-18)16-19-14-23-20-22-10-5-12-26(19)20/h2-3,5-6,9-10,12,14,18H,4,7-8,11,13,15-16H2,1H3. The first-order valence-corrected chi connectivity index (χ1v) is 9.39. The highest BCUT2D eigenvalue weighted by molar-refractivity contribution is 5.30. The number of hydrogen-bond acceptors (Lipinski definition) is 5. The number of nitrogens with zero attached hydrogens (tertiary/aromatic N) is 6. The first-order chi connectivity index (χ1) is 12.8. The first-order valence-electron chi connectivity index (χ1n) is 9.39. The fourth-order valence-corrected chi connectivity index (χ4v) is 3.84. The maximum absolute atomic E-state index is 4.46. The predicted octanol–water partition coefficient (Wildman–Crippen LogP) is 2.61. The van der Waals surface area contributed by atoms with Crippen molar-refractivity contribution in [2.45, 2.75) is 38.4 Å². The third-order valence-corrected chi connectivity index (χ3v) is 5.30. The van der Waals surface area contributed by atoms with E-state index in [0.717, 1.165) is 37.7 Å². The lowest BCUT2D eigenvalue weighted by Crippen LogP contribution is -2.33. The van der Waals surface area contributed by atoms with E-state index < -0.39 is 0 Å². The summed E-state index contributed by atoms with van der Waals surface area (Å²) in [5, 5.41) is 0. The van der Waals surface area contributed by atoms with Crippen LogP contribution >= 0.6 is 0 Å². The van der Waals surface area contributed by atoms with Crippen LogP contribution in [0.1, 0.15) is 30.7 Å². The van der Waals surface area contributed by atoms with Crippen LogP contribution in [0.5, 0.6) is 0 Å². The van der Waals surface area contributed by atoms with Gasteiger partial charge in [0.25, 0.3) is 0 Å². The van der Waals surface area contributed by atoms with Crippen LogP contribution in [0, 0.1) is 0 Å². The summed E-state index contributed by atoms with van der Waals surface area (Å²) in [5.41, 5.74) is 2.36. The fraction of sp³-hybridized carbons (Fsp3) is 0.450. The number of fused-ring (bicyclic) bond motifs is 1. The molecule has 0 spiro atoms. The van der Waals surface area contributed by atoms with Gasteiger partial charge in [-0.05, 0) is 51.1 Å². The summed E-state index contributed by atoms with van der Waals surface area (Å²) in [6.45, 7) is 4.11. The molecule has 26 heavy (non-hydrogen) atoms. The van der Waals surface area contributed by atoms with Gasteiger partial charge in [-0.2, -0.15) is 0 Å². The van der Waals surface area contributed by atoms with Gasteiger partial charge in [-0.25, -0.2) is 9.97 Å². The second-order valence-electron chi connectivity index (χ2n) is 7.14. The summed E-state index contributed by atoms with van der Waals surface area (Å²) >= 11 is 0. The maximum atomic E-state index is 4.46. The Kier molecular flexibility index (Phi) is 5.22. The summed E-state index contributed by atoms with van der Waals surface area (Å²) in [6, 6.07) is 8.73. The molecular formula is C20H26N6. The van der Waals surface area contributed by atoms with E-state index in [2.05, 4.69) is 48.3 Å². The Balaban J connectivity index is 1.36. The van der Waals surface area contributed by atoms with Gasteiger partial charge >= 0.3 is 0 Å². The minimum Gasteiger partial charge on any atom is -0.298 e. The van der Waals surface area contributed by atoms with Crippen molar-refractivity contribution in [3.05, 3.63) is 60.4 Å². The number of pyridine rings is 1. The van der Waals surface area contributed by atoms with Crippen molar-refractivity contribution in [2.24, 2.45) is 0 Å². The van der Waals surface area contributed by atoms with Crippen LogP contribution in [0.15, 0.2) is 49.1 Å². The molecule has 0 amide bonds. The van der Waals surface area contributed by atoms with E-state index in [-0.39, 0.29) is 0 Å². The molecule has 1 saturated heterocycles. The van der Waals surface area contributed by atoms with Crippen molar-refractivity contribution in [1.29, 1.82) is 0 Å². The van der Waals surface area contributed by atoms with E-state index in [9.17, 15) is 0 Å². The zero-order valence-electron chi connectivity index (χ0n) is 15.3. The molecule has 3 aromatic heterocycles. The lowest BCUT2D eigenvalue weighted by atomic mass is 10.1. The molecule has 4 rings (SSSR count). The number of rotatable bonds is 5. The zero-order chi connectivity index (χ0) is 17.8. The number of hydrogen-bond donors (Lipinski definition) is 0. The van der Waals surface area contributed by atoms with Gasteiger partial charge in [0.15, 0.2) is 0 Å². The predicted molar refractivity (Wildman–Crippen MR) is 102 cm³/mol. The molecule has 1 unspecified atom stereocenters.